The molecule has 0 saturated carbocycles. The molecule has 156 valence electrons. The lowest BCUT2D eigenvalue weighted by Crippen LogP contribution is -2.15. The van der Waals surface area contributed by atoms with Gasteiger partial charge in [0.15, 0.2) is 0 Å². The first-order valence-corrected chi connectivity index (χ1v) is 10.8. The van der Waals surface area contributed by atoms with E-state index in [0.29, 0.717) is 23.7 Å². The highest BCUT2D eigenvalue weighted by molar-refractivity contribution is 5.65. The number of hydrogen-bond acceptors (Lipinski definition) is 1. The van der Waals surface area contributed by atoms with Crippen LogP contribution >= 0.6 is 0 Å². The Labute approximate surface area is 184 Å². The van der Waals surface area contributed by atoms with Crippen molar-refractivity contribution in [3.8, 4) is 28.7 Å². The predicted octanol–water partition coefficient (Wildman–Crippen LogP) is 7.12. The number of allylic oxidation sites excluding steroid dienone is 1. The smallest absolute Gasteiger partial charge is 0.132 e. The number of halogens is 1. The Kier molecular flexibility index (Phi) is 6.53. The summed E-state index contributed by atoms with van der Waals surface area (Å²) >= 11 is 0. The van der Waals surface area contributed by atoms with Crippen molar-refractivity contribution in [2.24, 2.45) is 11.8 Å². The first-order valence-electron chi connectivity index (χ1n) is 10.8. The molecule has 2 heteroatoms. The van der Waals surface area contributed by atoms with E-state index >= 15 is 0 Å². The molecule has 1 aliphatic rings. The molecule has 1 aliphatic carbocycles. The second-order valence-corrected chi connectivity index (χ2v) is 8.28. The number of benzene rings is 3. The molecular weight excluding hydrogens is 383 g/mol. The van der Waals surface area contributed by atoms with E-state index in [-0.39, 0.29) is 11.7 Å². The summed E-state index contributed by atoms with van der Waals surface area (Å²) in [6, 6.07) is 21.3. The van der Waals surface area contributed by atoms with Gasteiger partial charge in [0.2, 0.25) is 0 Å². The van der Waals surface area contributed by atoms with Crippen molar-refractivity contribution in [3.63, 3.8) is 0 Å². The highest BCUT2D eigenvalue weighted by Gasteiger charge is 2.15. The standard InChI is InChI=1S/C29H27FO/c1-21-3-14-26(15-4-21)28-18-13-24(19-29(28)30)10-7-23-8-11-25(12-9-23)20-31-27-16-5-22(2)6-17-27/h3-6,8,11,13-19,23,25H,9,12,20H2,1-2H3. The minimum absolute atomic E-state index is 0.204. The van der Waals surface area contributed by atoms with E-state index in [2.05, 4.69) is 43.0 Å². The molecule has 0 amide bonds. The van der Waals surface area contributed by atoms with Crippen LogP contribution in [0.2, 0.25) is 0 Å². The Morgan fingerprint density at radius 3 is 2.23 bits per heavy atom. The van der Waals surface area contributed by atoms with Crippen LogP contribution in [0.3, 0.4) is 0 Å². The van der Waals surface area contributed by atoms with Crippen molar-refractivity contribution >= 4 is 0 Å². The van der Waals surface area contributed by atoms with Gasteiger partial charge in [0, 0.05) is 23.0 Å². The summed E-state index contributed by atoms with van der Waals surface area (Å²) in [5.41, 5.74) is 4.61. The summed E-state index contributed by atoms with van der Waals surface area (Å²) in [6.07, 6.45) is 6.41. The van der Waals surface area contributed by atoms with Crippen molar-refractivity contribution in [2.45, 2.75) is 26.7 Å². The highest BCUT2D eigenvalue weighted by Crippen LogP contribution is 2.25. The molecule has 0 aromatic heterocycles. The fraction of sp³-hybridized carbons (Fsp3) is 0.241. The van der Waals surface area contributed by atoms with Gasteiger partial charge in [-0.3, -0.25) is 0 Å². The van der Waals surface area contributed by atoms with Gasteiger partial charge in [-0.15, -0.1) is 0 Å². The summed E-state index contributed by atoms with van der Waals surface area (Å²) in [5, 5.41) is 0. The van der Waals surface area contributed by atoms with Gasteiger partial charge in [0.05, 0.1) is 6.61 Å². The molecule has 4 rings (SSSR count). The Morgan fingerprint density at radius 2 is 1.58 bits per heavy atom. The molecule has 3 aromatic carbocycles. The molecule has 2 atom stereocenters. The maximum absolute atomic E-state index is 14.6. The van der Waals surface area contributed by atoms with Gasteiger partial charge in [-0.2, -0.15) is 0 Å². The summed E-state index contributed by atoms with van der Waals surface area (Å²) < 4.78 is 20.5. The summed E-state index contributed by atoms with van der Waals surface area (Å²) in [4.78, 5) is 0. The molecule has 0 fully saturated rings. The quantitative estimate of drug-likeness (QED) is 0.329. The van der Waals surface area contributed by atoms with Gasteiger partial charge in [-0.05, 0) is 56.5 Å². The third-order valence-electron chi connectivity index (χ3n) is 5.68. The average molecular weight is 411 g/mol. The molecule has 0 spiro atoms. The van der Waals surface area contributed by atoms with Crippen LogP contribution in [0.5, 0.6) is 5.75 Å². The van der Waals surface area contributed by atoms with E-state index in [9.17, 15) is 4.39 Å². The number of aryl methyl sites for hydroxylation is 2. The van der Waals surface area contributed by atoms with Crippen molar-refractivity contribution in [1.29, 1.82) is 0 Å². The van der Waals surface area contributed by atoms with Crippen LogP contribution in [0.25, 0.3) is 11.1 Å². The van der Waals surface area contributed by atoms with Crippen LogP contribution in [-0.2, 0) is 0 Å². The monoisotopic (exact) mass is 410 g/mol. The molecular formula is C29H27FO. The topological polar surface area (TPSA) is 9.23 Å². The van der Waals surface area contributed by atoms with Crippen LogP contribution in [0.4, 0.5) is 4.39 Å². The summed E-state index contributed by atoms with van der Waals surface area (Å²) in [7, 11) is 0. The zero-order valence-electron chi connectivity index (χ0n) is 18.1. The SMILES string of the molecule is Cc1ccc(OCC2C=CC(C#Cc3ccc(-c4ccc(C)cc4)c(F)c3)CC2)cc1. The zero-order chi connectivity index (χ0) is 21.6. The molecule has 0 bridgehead atoms. The van der Waals surface area contributed by atoms with Crippen molar-refractivity contribution < 1.29 is 9.13 Å². The fourth-order valence-corrected chi connectivity index (χ4v) is 3.71. The van der Waals surface area contributed by atoms with Crippen LogP contribution < -0.4 is 4.74 Å². The molecule has 31 heavy (non-hydrogen) atoms. The molecule has 1 nitrogen and oxygen atoms in total. The van der Waals surface area contributed by atoms with Gasteiger partial charge >= 0.3 is 0 Å². The first kappa shape index (κ1) is 20.9. The predicted molar refractivity (Wildman–Crippen MR) is 125 cm³/mol. The van der Waals surface area contributed by atoms with E-state index in [1.807, 2.05) is 55.5 Å². The minimum Gasteiger partial charge on any atom is -0.493 e. The lowest BCUT2D eigenvalue weighted by Gasteiger charge is -2.20. The average Bonchev–Trinajstić information content (AvgIpc) is 2.79. The number of hydrogen-bond donors (Lipinski definition) is 0. The van der Waals surface area contributed by atoms with E-state index in [1.54, 1.807) is 0 Å². The third-order valence-corrected chi connectivity index (χ3v) is 5.68. The van der Waals surface area contributed by atoms with E-state index < -0.39 is 0 Å². The lowest BCUT2D eigenvalue weighted by molar-refractivity contribution is 0.260. The zero-order valence-corrected chi connectivity index (χ0v) is 18.1. The second kappa shape index (κ2) is 9.67. The Hall–Kier alpha value is -3.31. The van der Waals surface area contributed by atoms with Crippen molar-refractivity contribution in [3.05, 3.63) is 101 Å². The molecule has 0 radical (unpaired) electrons. The maximum Gasteiger partial charge on any atom is 0.132 e. The van der Waals surface area contributed by atoms with Crippen LogP contribution in [-0.4, -0.2) is 6.61 Å². The number of rotatable bonds is 4. The normalized spacial score (nSPS) is 17.6. The summed E-state index contributed by atoms with van der Waals surface area (Å²) in [5.74, 6) is 7.73. The fourth-order valence-electron chi connectivity index (χ4n) is 3.71. The number of ether oxygens (including phenoxy) is 1. The van der Waals surface area contributed by atoms with E-state index in [1.165, 1.54) is 11.6 Å². The molecule has 0 aliphatic heterocycles. The Balaban J connectivity index is 1.35. The van der Waals surface area contributed by atoms with Crippen LogP contribution in [0, 0.1) is 43.3 Å². The summed E-state index contributed by atoms with van der Waals surface area (Å²) in [6.45, 7) is 4.78. The Bertz CT molecular complexity index is 1110. The molecule has 0 heterocycles. The molecule has 0 saturated heterocycles. The third kappa shape index (κ3) is 5.64. The first-order chi connectivity index (χ1) is 15.1. The highest BCUT2D eigenvalue weighted by atomic mass is 19.1. The van der Waals surface area contributed by atoms with Gasteiger partial charge < -0.3 is 4.74 Å². The van der Waals surface area contributed by atoms with Crippen LogP contribution in [0.1, 0.15) is 29.5 Å². The van der Waals surface area contributed by atoms with Gasteiger partial charge in [-0.25, -0.2) is 4.39 Å². The van der Waals surface area contributed by atoms with Crippen molar-refractivity contribution in [1.82, 2.24) is 0 Å². The van der Waals surface area contributed by atoms with Crippen LogP contribution in [0.15, 0.2) is 78.9 Å². The van der Waals surface area contributed by atoms with E-state index in [0.717, 1.165) is 29.7 Å². The van der Waals surface area contributed by atoms with Gasteiger partial charge in [-0.1, -0.05) is 77.6 Å². The Morgan fingerprint density at radius 1 is 0.871 bits per heavy atom. The maximum atomic E-state index is 14.6. The minimum atomic E-state index is -0.233. The molecule has 0 N–H and O–H groups in total. The second-order valence-electron chi connectivity index (χ2n) is 8.28. The largest absolute Gasteiger partial charge is 0.493 e. The van der Waals surface area contributed by atoms with Gasteiger partial charge in [0.25, 0.3) is 0 Å². The lowest BCUT2D eigenvalue weighted by atomic mass is 9.89. The molecule has 2 unspecified atom stereocenters. The van der Waals surface area contributed by atoms with E-state index in [4.69, 9.17) is 4.74 Å². The van der Waals surface area contributed by atoms with Crippen molar-refractivity contribution in [2.75, 3.05) is 6.61 Å². The van der Waals surface area contributed by atoms with Gasteiger partial charge in [0.1, 0.15) is 11.6 Å². The molecule has 3 aromatic rings.